The van der Waals surface area contributed by atoms with Crippen LogP contribution in [0.5, 0.6) is 0 Å². The van der Waals surface area contributed by atoms with Crippen molar-refractivity contribution in [3.63, 3.8) is 0 Å². The maximum atomic E-state index is 12.5. The van der Waals surface area contributed by atoms with Crippen molar-refractivity contribution in [2.24, 2.45) is 5.73 Å². The molecule has 0 spiro atoms. The minimum absolute atomic E-state index is 0.0624. The van der Waals surface area contributed by atoms with Crippen LogP contribution in [0.15, 0.2) is 36.6 Å². The Labute approximate surface area is 181 Å². The van der Waals surface area contributed by atoms with E-state index >= 15 is 0 Å². The smallest absolute Gasteiger partial charge is 0.225 e. The number of nitrogens with two attached hydrogens (primary N) is 1. The van der Waals surface area contributed by atoms with Crippen LogP contribution < -0.4 is 11.1 Å². The molecule has 0 atom stereocenters. The highest BCUT2D eigenvalue weighted by Crippen LogP contribution is 2.37. The molecule has 0 radical (unpaired) electrons. The highest BCUT2D eigenvalue weighted by Gasteiger charge is 2.26. The zero-order chi connectivity index (χ0) is 22.1. The van der Waals surface area contributed by atoms with Gasteiger partial charge in [0.25, 0.3) is 0 Å². The quantitative estimate of drug-likeness (QED) is 0.368. The molecule has 0 saturated heterocycles. The van der Waals surface area contributed by atoms with Crippen LogP contribution in [0.3, 0.4) is 0 Å². The van der Waals surface area contributed by atoms with E-state index in [9.17, 15) is 9.59 Å². The fraction of sp³-hybridized carbons (Fsp3) is 0.455. The highest BCUT2D eigenvalue weighted by molar-refractivity contribution is 7.16. The Hall–Kier alpha value is -2.42. The van der Waals surface area contributed by atoms with Gasteiger partial charge in [-0.2, -0.15) is 0 Å². The Balaban J connectivity index is 2.02. The van der Waals surface area contributed by atoms with E-state index in [1.165, 1.54) is 11.3 Å². The summed E-state index contributed by atoms with van der Waals surface area (Å²) in [5.41, 5.74) is 8.77. The number of ether oxygens (including phenoxy) is 1. The van der Waals surface area contributed by atoms with Gasteiger partial charge in [0.15, 0.2) is 0 Å². The maximum Gasteiger partial charge on any atom is 0.225 e. The molecule has 2 rings (SSSR count). The third-order valence-corrected chi connectivity index (χ3v) is 6.05. The van der Waals surface area contributed by atoms with Crippen molar-refractivity contribution < 1.29 is 19.4 Å². The summed E-state index contributed by atoms with van der Waals surface area (Å²) in [4.78, 5) is 27.4. The predicted octanol–water partition coefficient (Wildman–Crippen LogP) is 2.86. The molecule has 0 fully saturated rings. The fourth-order valence-corrected chi connectivity index (χ4v) is 4.67. The van der Waals surface area contributed by atoms with E-state index in [0.717, 1.165) is 26.6 Å². The highest BCUT2D eigenvalue weighted by atomic mass is 32.1. The fourth-order valence-electron chi connectivity index (χ4n) is 3.36. The monoisotopic (exact) mass is 433 g/mol. The van der Waals surface area contributed by atoms with Gasteiger partial charge in [-0.3, -0.25) is 9.59 Å². The van der Waals surface area contributed by atoms with Crippen molar-refractivity contribution >= 4 is 28.2 Å². The number of fused-ring (bicyclic) bond motifs is 1. The van der Waals surface area contributed by atoms with E-state index in [1.807, 2.05) is 6.92 Å². The molecule has 1 aromatic rings. The number of aliphatic hydroxyl groups excluding tert-OH is 1. The molecule has 8 heteroatoms. The Bertz CT molecular complexity index is 829. The molecule has 7 nitrogen and oxygen atoms in total. The topological polar surface area (TPSA) is 105 Å². The number of nitrogens with zero attached hydrogens (tertiary/aromatic N) is 1. The van der Waals surface area contributed by atoms with Gasteiger partial charge in [0.2, 0.25) is 11.8 Å². The van der Waals surface area contributed by atoms with Crippen molar-refractivity contribution in [3.8, 4) is 0 Å². The van der Waals surface area contributed by atoms with Gasteiger partial charge in [-0.15, -0.1) is 11.3 Å². The second kappa shape index (κ2) is 11.7. The van der Waals surface area contributed by atoms with Gasteiger partial charge in [-0.1, -0.05) is 19.2 Å². The molecule has 30 heavy (non-hydrogen) atoms. The second-order valence-corrected chi connectivity index (χ2v) is 8.01. The molecule has 0 aromatic carbocycles. The van der Waals surface area contributed by atoms with E-state index in [1.54, 1.807) is 17.1 Å². The van der Waals surface area contributed by atoms with Crippen molar-refractivity contribution in [1.29, 1.82) is 0 Å². The average Bonchev–Trinajstić information content (AvgIpc) is 3.07. The van der Waals surface area contributed by atoms with E-state index in [4.69, 9.17) is 15.6 Å². The first-order valence-electron chi connectivity index (χ1n) is 10.1. The number of carbonyl (C=O) groups excluding carboxylic acids is 2. The summed E-state index contributed by atoms with van der Waals surface area (Å²) in [6.07, 6.45) is 4.95. The average molecular weight is 434 g/mol. The van der Waals surface area contributed by atoms with Crippen LogP contribution in [0.4, 0.5) is 5.00 Å². The van der Waals surface area contributed by atoms with Crippen molar-refractivity contribution in [3.05, 3.63) is 52.6 Å². The number of aliphatic hydroxyl groups is 1. The van der Waals surface area contributed by atoms with Gasteiger partial charge < -0.3 is 25.8 Å². The molecule has 2 heterocycles. The number of nitrogens with one attached hydrogen (secondary N) is 1. The number of rotatable bonds is 11. The molecule has 4 N–H and O–H groups in total. The maximum absolute atomic E-state index is 12.5. The first-order valence-corrected chi connectivity index (χ1v) is 10.9. The molecule has 1 aliphatic rings. The number of hydrogen-bond donors (Lipinski definition) is 3. The van der Waals surface area contributed by atoms with Gasteiger partial charge in [-0.05, 0) is 37.0 Å². The van der Waals surface area contributed by atoms with E-state index in [2.05, 4.69) is 18.5 Å². The van der Waals surface area contributed by atoms with Gasteiger partial charge in [0.1, 0.15) is 5.76 Å². The first kappa shape index (κ1) is 23.9. The summed E-state index contributed by atoms with van der Waals surface area (Å²) in [6.45, 7) is 11.3. The van der Waals surface area contributed by atoms with Crippen LogP contribution >= 0.6 is 11.3 Å². The van der Waals surface area contributed by atoms with Crippen LogP contribution in [0.2, 0.25) is 0 Å². The standard InChI is InChI=1S/C22H31N3O4S/c1-4-6-18(29-5-2)15(3)7-8-20(27)24-22-17(13-23)16-9-11-25(14-19(16)30-22)21(28)10-12-26/h4,6,26H,1,3,5,7-14,23H2,2H3,(H,24,27)/b18-6+. The molecule has 1 aliphatic heterocycles. The van der Waals surface area contributed by atoms with Crippen LogP contribution in [0.1, 0.15) is 42.2 Å². The molecular weight excluding hydrogens is 402 g/mol. The molecule has 0 unspecified atom stereocenters. The summed E-state index contributed by atoms with van der Waals surface area (Å²) in [7, 11) is 0. The lowest BCUT2D eigenvalue weighted by Gasteiger charge is -2.27. The third kappa shape index (κ3) is 6.04. The van der Waals surface area contributed by atoms with Crippen molar-refractivity contribution in [2.75, 3.05) is 25.1 Å². The largest absolute Gasteiger partial charge is 0.494 e. The number of allylic oxidation sites excluding steroid dienone is 3. The SMILES string of the molecule is C=C/C=C(/OCC)C(=C)CCC(=O)Nc1sc2c(c1CN)CCN(C(=O)CCO)C2. The van der Waals surface area contributed by atoms with Gasteiger partial charge in [0.05, 0.1) is 24.8 Å². The Kier molecular flexibility index (Phi) is 9.29. The minimum Gasteiger partial charge on any atom is -0.494 e. The number of carbonyl (C=O) groups is 2. The predicted molar refractivity (Wildman–Crippen MR) is 120 cm³/mol. The lowest BCUT2D eigenvalue weighted by molar-refractivity contribution is -0.132. The molecular formula is C22H31N3O4S. The molecule has 0 bridgehead atoms. The van der Waals surface area contributed by atoms with Crippen LogP contribution in [0.25, 0.3) is 0 Å². The Morgan fingerprint density at radius 3 is 2.77 bits per heavy atom. The van der Waals surface area contributed by atoms with Crippen LogP contribution in [-0.2, 0) is 33.8 Å². The van der Waals surface area contributed by atoms with Gasteiger partial charge in [-0.25, -0.2) is 0 Å². The van der Waals surface area contributed by atoms with E-state index < -0.39 is 0 Å². The molecule has 2 amide bonds. The number of hydrogen-bond acceptors (Lipinski definition) is 6. The summed E-state index contributed by atoms with van der Waals surface area (Å²) in [5, 5.41) is 12.7. The molecule has 0 saturated carbocycles. The number of anilines is 1. The summed E-state index contributed by atoms with van der Waals surface area (Å²) >= 11 is 1.47. The van der Waals surface area contributed by atoms with Crippen molar-refractivity contribution in [2.45, 2.75) is 45.7 Å². The van der Waals surface area contributed by atoms with Crippen molar-refractivity contribution in [1.82, 2.24) is 4.90 Å². The van der Waals surface area contributed by atoms with Gasteiger partial charge >= 0.3 is 0 Å². The summed E-state index contributed by atoms with van der Waals surface area (Å²) < 4.78 is 5.53. The van der Waals surface area contributed by atoms with E-state index in [-0.39, 0.29) is 31.3 Å². The normalized spacial score (nSPS) is 13.6. The first-order chi connectivity index (χ1) is 14.4. The Morgan fingerprint density at radius 1 is 1.37 bits per heavy atom. The molecule has 0 aliphatic carbocycles. The lowest BCUT2D eigenvalue weighted by Crippen LogP contribution is -2.35. The van der Waals surface area contributed by atoms with Gasteiger partial charge in [0, 0.05) is 36.4 Å². The Morgan fingerprint density at radius 2 is 2.13 bits per heavy atom. The zero-order valence-corrected chi connectivity index (χ0v) is 18.4. The zero-order valence-electron chi connectivity index (χ0n) is 17.5. The van der Waals surface area contributed by atoms with E-state index in [0.29, 0.717) is 44.8 Å². The molecule has 1 aromatic heterocycles. The lowest BCUT2D eigenvalue weighted by atomic mass is 10.0. The van der Waals surface area contributed by atoms with Crippen LogP contribution in [0, 0.1) is 0 Å². The summed E-state index contributed by atoms with van der Waals surface area (Å²) in [5.74, 6) is 0.460. The second-order valence-electron chi connectivity index (χ2n) is 6.91. The minimum atomic E-state index is -0.153. The molecule has 164 valence electrons. The summed E-state index contributed by atoms with van der Waals surface area (Å²) in [6, 6.07) is 0. The number of thiophene rings is 1. The number of amides is 2. The van der Waals surface area contributed by atoms with Crippen LogP contribution in [-0.4, -0.2) is 41.6 Å². The third-order valence-electron chi connectivity index (χ3n) is 4.87.